The summed E-state index contributed by atoms with van der Waals surface area (Å²) in [7, 11) is -3.46. The molecule has 18 heavy (non-hydrogen) atoms. The molecule has 1 fully saturated rings. The normalized spacial score (nSPS) is 22.1. The molecule has 0 aliphatic carbocycles. The molecule has 0 aromatic heterocycles. The molecule has 1 aliphatic heterocycles. The molecule has 2 rings (SSSR count). The molecular formula is C13H20N2O2S. The van der Waals surface area contributed by atoms with Crippen LogP contribution in [-0.4, -0.2) is 25.4 Å². The second-order valence-corrected chi connectivity index (χ2v) is 6.81. The highest BCUT2D eigenvalue weighted by molar-refractivity contribution is 7.89. The zero-order chi connectivity index (χ0) is 13.3. The van der Waals surface area contributed by atoms with E-state index in [-0.39, 0.29) is 6.17 Å². The minimum absolute atomic E-state index is 0.385. The fourth-order valence-corrected chi connectivity index (χ4v) is 4.23. The van der Waals surface area contributed by atoms with Crippen molar-refractivity contribution >= 4 is 10.0 Å². The van der Waals surface area contributed by atoms with Crippen molar-refractivity contribution in [2.75, 3.05) is 6.54 Å². The predicted octanol–water partition coefficient (Wildman–Crippen LogP) is 1.76. The number of hydrogen-bond acceptors (Lipinski definition) is 3. The minimum atomic E-state index is -3.46. The Kier molecular flexibility index (Phi) is 3.75. The summed E-state index contributed by atoms with van der Waals surface area (Å²) in [5.41, 5.74) is 7.66. The van der Waals surface area contributed by atoms with Crippen LogP contribution >= 0.6 is 0 Å². The van der Waals surface area contributed by atoms with Crippen LogP contribution in [0, 0.1) is 13.8 Å². The van der Waals surface area contributed by atoms with Gasteiger partial charge < -0.3 is 5.73 Å². The van der Waals surface area contributed by atoms with Gasteiger partial charge in [0.1, 0.15) is 0 Å². The first-order valence-electron chi connectivity index (χ1n) is 6.27. The summed E-state index contributed by atoms with van der Waals surface area (Å²) < 4.78 is 26.7. The van der Waals surface area contributed by atoms with Crippen LogP contribution in [0.5, 0.6) is 0 Å². The summed E-state index contributed by atoms with van der Waals surface area (Å²) in [6.45, 7) is 4.24. The molecule has 0 radical (unpaired) electrons. The van der Waals surface area contributed by atoms with Crippen LogP contribution in [0.25, 0.3) is 0 Å². The average molecular weight is 268 g/mol. The molecule has 1 aliphatic rings. The number of nitrogens with two attached hydrogens (primary N) is 1. The lowest BCUT2D eigenvalue weighted by atomic mass is 10.1. The monoisotopic (exact) mass is 268 g/mol. The molecule has 1 atom stereocenters. The molecule has 100 valence electrons. The first-order valence-corrected chi connectivity index (χ1v) is 7.71. The Labute approximate surface area is 109 Å². The Balaban J connectivity index is 2.44. The van der Waals surface area contributed by atoms with Gasteiger partial charge in [-0.15, -0.1) is 0 Å². The molecule has 1 aromatic rings. The second-order valence-electron chi connectivity index (χ2n) is 4.95. The number of sulfonamides is 1. The Morgan fingerprint density at radius 3 is 2.67 bits per heavy atom. The van der Waals surface area contributed by atoms with Gasteiger partial charge in [0.2, 0.25) is 10.0 Å². The molecule has 5 heteroatoms. The van der Waals surface area contributed by atoms with Crippen molar-refractivity contribution in [3.05, 3.63) is 29.3 Å². The lowest BCUT2D eigenvalue weighted by molar-refractivity contribution is 0.258. The van der Waals surface area contributed by atoms with E-state index < -0.39 is 10.0 Å². The van der Waals surface area contributed by atoms with Crippen molar-refractivity contribution < 1.29 is 8.42 Å². The summed E-state index contributed by atoms with van der Waals surface area (Å²) in [4.78, 5) is 0.389. The molecule has 1 heterocycles. The Morgan fingerprint density at radius 1 is 1.28 bits per heavy atom. The van der Waals surface area contributed by atoms with E-state index in [0.717, 1.165) is 30.4 Å². The average Bonchev–Trinajstić information content (AvgIpc) is 2.32. The predicted molar refractivity (Wildman–Crippen MR) is 71.6 cm³/mol. The number of aryl methyl sites for hydroxylation is 2. The summed E-state index contributed by atoms with van der Waals surface area (Å²) in [6.07, 6.45) is 2.24. The molecule has 4 nitrogen and oxygen atoms in total. The standard InChI is InChI=1S/C13H20N2O2S/c1-10-6-7-11(2)12(9-10)18(16,17)15-8-4-3-5-13(15)14/h6-7,9,13H,3-5,8,14H2,1-2H3. The quantitative estimate of drug-likeness (QED) is 0.889. The highest BCUT2D eigenvalue weighted by Gasteiger charge is 2.32. The van der Waals surface area contributed by atoms with Gasteiger partial charge in [-0.3, -0.25) is 0 Å². The maximum atomic E-state index is 12.6. The molecule has 0 saturated carbocycles. The largest absolute Gasteiger partial charge is 0.315 e. The van der Waals surface area contributed by atoms with Crippen molar-refractivity contribution in [1.29, 1.82) is 0 Å². The van der Waals surface area contributed by atoms with E-state index in [4.69, 9.17) is 5.73 Å². The molecule has 1 aromatic carbocycles. The third-order valence-corrected chi connectivity index (χ3v) is 5.50. The highest BCUT2D eigenvalue weighted by atomic mass is 32.2. The first-order chi connectivity index (χ1) is 8.43. The van der Waals surface area contributed by atoms with Crippen LogP contribution in [0.15, 0.2) is 23.1 Å². The van der Waals surface area contributed by atoms with E-state index in [1.54, 1.807) is 6.07 Å². The van der Waals surface area contributed by atoms with Crippen molar-refractivity contribution in [2.24, 2.45) is 5.73 Å². The van der Waals surface area contributed by atoms with E-state index in [0.29, 0.717) is 11.4 Å². The number of rotatable bonds is 2. The lowest BCUT2D eigenvalue weighted by Crippen LogP contribution is -2.48. The van der Waals surface area contributed by atoms with Crippen molar-refractivity contribution in [1.82, 2.24) is 4.31 Å². The van der Waals surface area contributed by atoms with Crippen molar-refractivity contribution in [2.45, 2.75) is 44.2 Å². The van der Waals surface area contributed by atoms with Gasteiger partial charge >= 0.3 is 0 Å². The van der Waals surface area contributed by atoms with Gasteiger partial charge in [0.15, 0.2) is 0 Å². The lowest BCUT2D eigenvalue weighted by Gasteiger charge is -2.32. The fourth-order valence-electron chi connectivity index (χ4n) is 2.34. The molecule has 1 saturated heterocycles. The van der Waals surface area contributed by atoms with Crippen LogP contribution in [-0.2, 0) is 10.0 Å². The van der Waals surface area contributed by atoms with Crippen molar-refractivity contribution in [3.63, 3.8) is 0 Å². The van der Waals surface area contributed by atoms with Crippen LogP contribution in [0.2, 0.25) is 0 Å². The van der Waals surface area contributed by atoms with E-state index in [1.165, 1.54) is 4.31 Å². The summed E-state index contributed by atoms with van der Waals surface area (Å²) in [5.74, 6) is 0. The Morgan fingerprint density at radius 2 is 2.00 bits per heavy atom. The van der Waals surface area contributed by atoms with Gasteiger partial charge in [-0.25, -0.2) is 8.42 Å². The topological polar surface area (TPSA) is 63.4 Å². The first kappa shape index (κ1) is 13.5. The summed E-state index contributed by atoms with van der Waals surface area (Å²) in [5, 5.41) is 0. The van der Waals surface area contributed by atoms with E-state index in [2.05, 4.69) is 0 Å². The number of hydrogen-bond donors (Lipinski definition) is 1. The van der Waals surface area contributed by atoms with Gasteiger partial charge in [-0.1, -0.05) is 12.1 Å². The highest BCUT2D eigenvalue weighted by Crippen LogP contribution is 2.25. The van der Waals surface area contributed by atoms with Gasteiger partial charge in [0.05, 0.1) is 11.1 Å². The van der Waals surface area contributed by atoms with Crippen molar-refractivity contribution in [3.8, 4) is 0 Å². The Bertz CT molecular complexity index is 540. The smallest absolute Gasteiger partial charge is 0.244 e. The molecule has 2 N–H and O–H groups in total. The van der Waals surface area contributed by atoms with Gasteiger partial charge in [0.25, 0.3) is 0 Å². The van der Waals surface area contributed by atoms with Crippen LogP contribution < -0.4 is 5.73 Å². The van der Waals surface area contributed by atoms with Crippen LogP contribution in [0.1, 0.15) is 30.4 Å². The molecule has 1 unspecified atom stereocenters. The third kappa shape index (κ3) is 2.43. The zero-order valence-corrected chi connectivity index (χ0v) is 11.7. The number of piperidine rings is 1. The fraction of sp³-hybridized carbons (Fsp3) is 0.538. The third-order valence-electron chi connectivity index (χ3n) is 3.43. The maximum absolute atomic E-state index is 12.6. The van der Waals surface area contributed by atoms with E-state index in [1.807, 2.05) is 26.0 Å². The number of nitrogens with zero attached hydrogens (tertiary/aromatic N) is 1. The maximum Gasteiger partial charge on any atom is 0.244 e. The molecule has 0 bridgehead atoms. The van der Waals surface area contributed by atoms with E-state index in [9.17, 15) is 8.42 Å². The Hall–Kier alpha value is -0.910. The minimum Gasteiger partial charge on any atom is -0.315 e. The zero-order valence-electron chi connectivity index (χ0n) is 10.9. The second kappa shape index (κ2) is 4.99. The molecular weight excluding hydrogens is 248 g/mol. The van der Waals surface area contributed by atoms with Crippen LogP contribution in [0.3, 0.4) is 0 Å². The van der Waals surface area contributed by atoms with Gasteiger partial charge in [-0.2, -0.15) is 4.31 Å². The van der Waals surface area contributed by atoms with Crippen LogP contribution in [0.4, 0.5) is 0 Å². The molecule has 0 spiro atoms. The molecule has 0 amide bonds. The van der Waals surface area contributed by atoms with Gasteiger partial charge in [0, 0.05) is 6.54 Å². The summed E-state index contributed by atoms with van der Waals surface area (Å²) in [6, 6.07) is 5.49. The SMILES string of the molecule is Cc1ccc(C)c(S(=O)(=O)N2CCCCC2N)c1. The van der Waals surface area contributed by atoms with Gasteiger partial charge in [-0.05, 0) is 50.3 Å². The van der Waals surface area contributed by atoms with E-state index >= 15 is 0 Å². The summed E-state index contributed by atoms with van der Waals surface area (Å²) >= 11 is 0. The number of benzene rings is 1.